The highest BCUT2D eigenvalue weighted by Crippen LogP contribution is 2.16. The largest absolute Gasteiger partial charge is 0.492 e. The first-order chi connectivity index (χ1) is 11.7. The second-order valence-electron chi connectivity index (χ2n) is 6.09. The van der Waals surface area contributed by atoms with Crippen molar-refractivity contribution in [2.24, 2.45) is 0 Å². The fourth-order valence-corrected chi connectivity index (χ4v) is 2.95. The molecule has 1 heterocycles. The van der Waals surface area contributed by atoms with Crippen LogP contribution in [0.5, 0.6) is 5.75 Å². The van der Waals surface area contributed by atoms with E-state index in [0.717, 1.165) is 44.0 Å². The molecule has 1 fully saturated rings. The lowest BCUT2D eigenvalue weighted by molar-refractivity contribution is 0.101. The van der Waals surface area contributed by atoms with E-state index >= 15 is 0 Å². The predicted octanol–water partition coefficient (Wildman–Crippen LogP) is 3.09. The third kappa shape index (κ3) is 4.36. The molecule has 24 heavy (non-hydrogen) atoms. The number of piperazine rings is 1. The van der Waals surface area contributed by atoms with Gasteiger partial charge in [0.2, 0.25) is 0 Å². The SMILES string of the molecule is CC(=O)c1ccc(OCCN2CCN(c3ccccc3)CC2)cc1. The summed E-state index contributed by atoms with van der Waals surface area (Å²) in [4.78, 5) is 16.1. The van der Waals surface area contributed by atoms with Crippen LogP contribution in [0.25, 0.3) is 0 Å². The van der Waals surface area contributed by atoms with E-state index in [1.54, 1.807) is 6.92 Å². The number of para-hydroxylation sites is 1. The maximum absolute atomic E-state index is 11.3. The number of ether oxygens (including phenoxy) is 1. The number of carbonyl (C=O) groups excluding carboxylic acids is 1. The third-order valence-electron chi connectivity index (χ3n) is 4.43. The summed E-state index contributed by atoms with van der Waals surface area (Å²) in [6, 6.07) is 17.9. The number of anilines is 1. The van der Waals surface area contributed by atoms with Gasteiger partial charge < -0.3 is 9.64 Å². The van der Waals surface area contributed by atoms with Crippen molar-refractivity contribution < 1.29 is 9.53 Å². The minimum atomic E-state index is 0.0813. The molecule has 2 aromatic carbocycles. The summed E-state index contributed by atoms with van der Waals surface area (Å²) in [7, 11) is 0. The first-order valence-corrected chi connectivity index (χ1v) is 8.48. The molecule has 0 radical (unpaired) electrons. The molecule has 2 aromatic rings. The van der Waals surface area contributed by atoms with Gasteiger partial charge >= 0.3 is 0 Å². The fourth-order valence-electron chi connectivity index (χ4n) is 2.95. The lowest BCUT2D eigenvalue weighted by Crippen LogP contribution is -2.47. The molecular weight excluding hydrogens is 300 g/mol. The van der Waals surface area contributed by atoms with Crippen LogP contribution in [0.1, 0.15) is 17.3 Å². The summed E-state index contributed by atoms with van der Waals surface area (Å²) < 4.78 is 5.79. The molecule has 3 rings (SSSR count). The molecular formula is C20H24N2O2. The molecule has 1 aliphatic heterocycles. The van der Waals surface area contributed by atoms with E-state index in [1.165, 1.54) is 5.69 Å². The van der Waals surface area contributed by atoms with Gasteiger partial charge in [-0.3, -0.25) is 9.69 Å². The Labute approximate surface area is 143 Å². The van der Waals surface area contributed by atoms with E-state index in [1.807, 2.05) is 24.3 Å². The van der Waals surface area contributed by atoms with Gasteiger partial charge in [0.15, 0.2) is 5.78 Å². The van der Waals surface area contributed by atoms with Gasteiger partial charge in [-0.1, -0.05) is 18.2 Å². The predicted molar refractivity (Wildman–Crippen MR) is 97.0 cm³/mol. The first-order valence-electron chi connectivity index (χ1n) is 8.48. The normalized spacial score (nSPS) is 15.3. The molecule has 126 valence electrons. The molecule has 0 N–H and O–H groups in total. The van der Waals surface area contributed by atoms with Crippen molar-refractivity contribution in [3.8, 4) is 5.75 Å². The highest BCUT2D eigenvalue weighted by atomic mass is 16.5. The fraction of sp³-hybridized carbons (Fsp3) is 0.350. The van der Waals surface area contributed by atoms with Gasteiger partial charge in [0, 0.05) is 44.0 Å². The van der Waals surface area contributed by atoms with Crippen molar-refractivity contribution in [3.05, 3.63) is 60.2 Å². The van der Waals surface area contributed by atoms with Crippen molar-refractivity contribution in [1.82, 2.24) is 4.90 Å². The van der Waals surface area contributed by atoms with Crippen molar-refractivity contribution in [2.45, 2.75) is 6.92 Å². The van der Waals surface area contributed by atoms with Gasteiger partial charge in [-0.25, -0.2) is 0 Å². The molecule has 0 amide bonds. The Morgan fingerprint density at radius 2 is 1.62 bits per heavy atom. The first kappa shape index (κ1) is 16.5. The average molecular weight is 324 g/mol. The molecule has 0 bridgehead atoms. The van der Waals surface area contributed by atoms with Crippen molar-refractivity contribution in [3.63, 3.8) is 0 Å². The number of nitrogens with zero attached hydrogens (tertiary/aromatic N) is 2. The monoisotopic (exact) mass is 324 g/mol. The molecule has 0 unspecified atom stereocenters. The van der Waals surface area contributed by atoms with Crippen molar-refractivity contribution >= 4 is 11.5 Å². The lowest BCUT2D eigenvalue weighted by atomic mass is 10.1. The Bertz CT molecular complexity index is 647. The number of Topliss-reactive ketones (excluding diaryl/α,β-unsaturated/α-hetero) is 1. The third-order valence-corrected chi connectivity index (χ3v) is 4.43. The molecule has 0 aromatic heterocycles. The summed E-state index contributed by atoms with van der Waals surface area (Å²) in [5, 5.41) is 0. The van der Waals surface area contributed by atoms with E-state index < -0.39 is 0 Å². The zero-order valence-electron chi connectivity index (χ0n) is 14.1. The minimum absolute atomic E-state index is 0.0813. The second-order valence-corrected chi connectivity index (χ2v) is 6.09. The minimum Gasteiger partial charge on any atom is -0.492 e. The zero-order valence-corrected chi connectivity index (χ0v) is 14.1. The van der Waals surface area contributed by atoms with Gasteiger partial charge in [0.05, 0.1) is 0 Å². The van der Waals surface area contributed by atoms with E-state index in [-0.39, 0.29) is 5.78 Å². The number of hydrogen-bond donors (Lipinski definition) is 0. The van der Waals surface area contributed by atoms with Crippen LogP contribution in [0.4, 0.5) is 5.69 Å². The molecule has 4 nitrogen and oxygen atoms in total. The van der Waals surface area contributed by atoms with Gasteiger partial charge in [-0.2, -0.15) is 0 Å². The van der Waals surface area contributed by atoms with E-state index in [2.05, 4.69) is 40.1 Å². The quantitative estimate of drug-likeness (QED) is 0.765. The highest BCUT2D eigenvalue weighted by Gasteiger charge is 2.16. The maximum Gasteiger partial charge on any atom is 0.159 e. The Balaban J connectivity index is 1.40. The van der Waals surface area contributed by atoms with Crippen LogP contribution < -0.4 is 9.64 Å². The number of benzene rings is 2. The Kier molecular flexibility index (Phi) is 5.49. The molecule has 0 spiro atoms. The lowest BCUT2D eigenvalue weighted by Gasteiger charge is -2.36. The number of carbonyl (C=O) groups is 1. The number of rotatable bonds is 6. The summed E-state index contributed by atoms with van der Waals surface area (Å²) in [5.74, 6) is 0.903. The number of ketones is 1. The van der Waals surface area contributed by atoms with Crippen LogP contribution >= 0.6 is 0 Å². The molecule has 0 atom stereocenters. The second kappa shape index (κ2) is 7.97. The van der Waals surface area contributed by atoms with Crippen LogP contribution in [0, 0.1) is 0 Å². The van der Waals surface area contributed by atoms with Crippen molar-refractivity contribution in [1.29, 1.82) is 0 Å². The van der Waals surface area contributed by atoms with Crippen LogP contribution in [0.15, 0.2) is 54.6 Å². The summed E-state index contributed by atoms with van der Waals surface area (Å²) in [6.45, 7) is 7.39. The van der Waals surface area contributed by atoms with Gasteiger partial charge in [-0.05, 0) is 43.3 Å². The van der Waals surface area contributed by atoms with Crippen LogP contribution in [0.3, 0.4) is 0 Å². The molecule has 1 saturated heterocycles. The molecule has 0 saturated carbocycles. The van der Waals surface area contributed by atoms with Crippen LogP contribution in [0.2, 0.25) is 0 Å². The standard InChI is InChI=1S/C20H24N2O2/c1-17(23)18-7-9-20(10-8-18)24-16-15-21-11-13-22(14-12-21)19-5-3-2-4-6-19/h2-10H,11-16H2,1H3. The van der Waals surface area contributed by atoms with E-state index in [9.17, 15) is 4.79 Å². The van der Waals surface area contributed by atoms with E-state index in [0.29, 0.717) is 6.61 Å². The zero-order chi connectivity index (χ0) is 16.8. The average Bonchev–Trinajstić information content (AvgIpc) is 2.63. The molecule has 0 aliphatic carbocycles. The van der Waals surface area contributed by atoms with Gasteiger partial charge in [-0.15, -0.1) is 0 Å². The number of hydrogen-bond acceptors (Lipinski definition) is 4. The van der Waals surface area contributed by atoms with Gasteiger partial charge in [0.1, 0.15) is 12.4 Å². The Morgan fingerprint density at radius 1 is 0.958 bits per heavy atom. The van der Waals surface area contributed by atoms with Crippen LogP contribution in [-0.4, -0.2) is 50.0 Å². The Morgan fingerprint density at radius 3 is 2.25 bits per heavy atom. The topological polar surface area (TPSA) is 32.8 Å². The summed E-state index contributed by atoms with van der Waals surface area (Å²) in [5.41, 5.74) is 2.03. The smallest absolute Gasteiger partial charge is 0.159 e. The molecule has 4 heteroatoms. The highest BCUT2D eigenvalue weighted by molar-refractivity contribution is 5.94. The van der Waals surface area contributed by atoms with Crippen LogP contribution in [-0.2, 0) is 0 Å². The van der Waals surface area contributed by atoms with E-state index in [4.69, 9.17) is 4.74 Å². The summed E-state index contributed by atoms with van der Waals surface area (Å²) in [6.07, 6.45) is 0. The van der Waals surface area contributed by atoms with Gasteiger partial charge in [0.25, 0.3) is 0 Å². The maximum atomic E-state index is 11.3. The summed E-state index contributed by atoms with van der Waals surface area (Å²) >= 11 is 0. The van der Waals surface area contributed by atoms with Crippen molar-refractivity contribution in [2.75, 3.05) is 44.2 Å². The molecule has 1 aliphatic rings. The Hall–Kier alpha value is -2.33.